The maximum Gasteiger partial charge on any atom is 0.301 e. The number of carbonyl (C=O) groups excluding carboxylic acids is 2. The van der Waals surface area contributed by atoms with Crippen LogP contribution in [0.1, 0.15) is 62.4 Å². The van der Waals surface area contributed by atoms with Gasteiger partial charge in [-0.3, -0.25) is 14.5 Å². The Balaban J connectivity index is 1.67. The number of hydrogen-bond acceptors (Lipinski definition) is 8. The number of aryl methyl sites for hydroxylation is 2. The molecule has 1 N–H and O–H groups in total. The number of rotatable bonds is 11. The van der Waals surface area contributed by atoms with Crippen molar-refractivity contribution in [2.75, 3.05) is 24.7 Å². The number of Topliss-reactive ketones (excluding diaryl/α,β-unsaturated/α-hetero) is 1. The average Bonchev–Trinajstić information content (AvgIpc) is 3.52. The monoisotopic (exact) mass is 614 g/mol. The molecule has 44 heavy (non-hydrogen) atoms. The minimum absolute atomic E-state index is 0.0257. The second-order valence-electron chi connectivity index (χ2n) is 11.2. The molecule has 230 valence electrons. The molecule has 1 aliphatic heterocycles. The van der Waals surface area contributed by atoms with Crippen LogP contribution in [0.4, 0.5) is 5.13 Å². The predicted octanol–water partition coefficient (Wildman–Crippen LogP) is 7.76. The number of hydrogen-bond donors (Lipinski definition) is 1. The van der Waals surface area contributed by atoms with Crippen molar-refractivity contribution >= 4 is 44.1 Å². The van der Waals surface area contributed by atoms with Crippen molar-refractivity contribution in [3.63, 3.8) is 0 Å². The number of aromatic nitrogens is 1. The molecule has 0 bridgehead atoms. The first-order valence-electron chi connectivity index (χ1n) is 14.9. The summed E-state index contributed by atoms with van der Waals surface area (Å²) in [5.74, 6) is 0.364. The van der Waals surface area contributed by atoms with Gasteiger partial charge in [-0.1, -0.05) is 37.3 Å². The molecule has 0 saturated carbocycles. The summed E-state index contributed by atoms with van der Waals surface area (Å²) in [7, 11) is 0. The van der Waals surface area contributed by atoms with Crippen molar-refractivity contribution in [2.45, 2.75) is 54.0 Å². The number of aliphatic hydroxyl groups excluding tert-OH is 1. The molecule has 4 aromatic rings. The Morgan fingerprint density at radius 3 is 2.36 bits per heavy atom. The Bertz CT molecular complexity index is 1720. The fraction of sp³-hybridized carbons (Fsp3) is 0.343. The highest BCUT2D eigenvalue weighted by molar-refractivity contribution is 7.22. The number of thiazole rings is 1. The summed E-state index contributed by atoms with van der Waals surface area (Å²) in [6.07, 6.45) is 0.881. The molecule has 0 radical (unpaired) electrons. The normalized spacial score (nSPS) is 16.2. The molecule has 1 fully saturated rings. The molecule has 1 atom stereocenters. The minimum atomic E-state index is -0.951. The number of ketones is 1. The van der Waals surface area contributed by atoms with E-state index in [4.69, 9.17) is 19.2 Å². The van der Waals surface area contributed by atoms with E-state index in [0.717, 1.165) is 27.8 Å². The Kier molecular flexibility index (Phi) is 9.25. The van der Waals surface area contributed by atoms with E-state index in [1.807, 2.05) is 45.9 Å². The maximum atomic E-state index is 13.8. The Hall–Kier alpha value is -4.37. The minimum Gasteiger partial charge on any atom is -0.507 e. The van der Waals surface area contributed by atoms with E-state index in [-0.39, 0.29) is 11.3 Å². The first-order chi connectivity index (χ1) is 21.1. The Morgan fingerprint density at radius 2 is 1.68 bits per heavy atom. The maximum absolute atomic E-state index is 13.8. The smallest absolute Gasteiger partial charge is 0.301 e. The number of amides is 1. The van der Waals surface area contributed by atoms with Gasteiger partial charge in [0.05, 0.1) is 41.7 Å². The van der Waals surface area contributed by atoms with Crippen molar-refractivity contribution in [1.29, 1.82) is 0 Å². The van der Waals surface area contributed by atoms with Gasteiger partial charge in [0.1, 0.15) is 11.5 Å². The molecule has 1 unspecified atom stereocenters. The van der Waals surface area contributed by atoms with Crippen LogP contribution in [0.2, 0.25) is 0 Å². The number of fused-ring (bicyclic) bond motifs is 1. The lowest BCUT2D eigenvalue weighted by molar-refractivity contribution is -0.132. The molecule has 0 aliphatic carbocycles. The summed E-state index contributed by atoms with van der Waals surface area (Å²) < 4.78 is 18.5. The number of nitrogens with zero attached hydrogens (tertiary/aromatic N) is 2. The second-order valence-corrected chi connectivity index (χ2v) is 12.2. The molecule has 2 heterocycles. The largest absolute Gasteiger partial charge is 0.507 e. The second kappa shape index (κ2) is 13.1. The summed E-state index contributed by atoms with van der Waals surface area (Å²) in [5.41, 5.74) is 3.78. The van der Waals surface area contributed by atoms with Crippen molar-refractivity contribution in [3.05, 3.63) is 82.4 Å². The highest BCUT2D eigenvalue weighted by Gasteiger charge is 2.48. The Labute approximate surface area is 261 Å². The zero-order valence-corrected chi connectivity index (χ0v) is 26.8. The van der Waals surface area contributed by atoms with Gasteiger partial charge in [0.2, 0.25) is 0 Å². The lowest BCUT2D eigenvalue weighted by Crippen LogP contribution is -2.29. The number of ether oxygens (including phenoxy) is 3. The van der Waals surface area contributed by atoms with Gasteiger partial charge in [-0.15, -0.1) is 0 Å². The molecule has 1 amide bonds. The average molecular weight is 615 g/mol. The fourth-order valence-electron chi connectivity index (χ4n) is 5.33. The van der Waals surface area contributed by atoms with Crippen molar-refractivity contribution in [3.8, 4) is 17.2 Å². The van der Waals surface area contributed by atoms with Crippen LogP contribution < -0.4 is 19.1 Å². The third kappa shape index (κ3) is 6.15. The molecule has 8 nitrogen and oxygen atoms in total. The zero-order valence-electron chi connectivity index (χ0n) is 26.0. The van der Waals surface area contributed by atoms with E-state index >= 15 is 0 Å². The predicted molar refractivity (Wildman–Crippen MR) is 174 cm³/mol. The number of anilines is 1. The van der Waals surface area contributed by atoms with Crippen molar-refractivity contribution < 1.29 is 28.9 Å². The van der Waals surface area contributed by atoms with Crippen LogP contribution in [-0.4, -0.2) is 41.6 Å². The number of carbonyl (C=O) groups is 2. The van der Waals surface area contributed by atoms with E-state index in [9.17, 15) is 14.7 Å². The number of benzene rings is 3. The molecular weight excluding hydrogens is 576 g/mol. The first-order valence-corrected chi connectivity index (χ1v) is 15.8. The fourth-order valence-corrected chi connectivity index (χ4v) is 6.49. The van der Waals surface area contributed by atoms with Gasteiger partial charge >= 0.3 is 5.91 Å². The quantitative estimate of drug-likeness (QED) is 0.105. The van der Waals surface area contributed by atoms with Gasteiger partial charge in [0.15, 0.2) is 16.6 Å². The lowest BCUT2D eigenvalue weighted by Gasteiger charge is -2.24. The third-order valence-corrected chi connectivity index (χ3v) is 8.45. The topological polar surface area (TPSA) is 98.2 Å². The van der Waals surface area contributed by atoms with Gasteiger partial charge in [-0.25, -0.2) is 4.98 Å². The molecule has 1 saturated heterocycles. The van der Waals surface area contributed by atoms with E-state index in [2.05, 4.69) is 13.8 Å². The summed E-state index contributed by atoms with van der Waals surface area (Å²) in [6, 6.07) is 15.3. The van der Waals surface area contributed by atoms with Crippen LogP contribution in [0, 0.1) is 19.8 Å². The summed E-state index contributed by atoms with van der Waals surface area (Å²) in [5, 5.41) is 12.0. The molecule has 1 aromatic heterocycles. The van der Waals surface area contributed by atoms with Crippen LogP contribution in [0.25, 0.3) is 16.0 Å². The molecule has 9 heteroatoms. The number of aliphatic hydroxyl groups is 1. The van der Waals surface area contributed by atoms with Gasteiger partial charge in [0, 0.05) is 5.56 Å². The van der Waals surface area contributed by atoms with Crippen LogP contribution in [0.3, 0.4) is 0 Å². The Morgan fingerprint density at radius 1 is 0.955 bits per heavy atom. The zero-order chi connectivity index (χ0) is 31.5. The highest BCUT2D eigenvalue weighted by atomic mass is 32.1. The summed E-state index contributed by atoms with van der Waals surface area (Å²) in [4.78, 5) is 33.8. The van der Waals surface area contributed by atoms with Gasteiger partial charge in [-0.05, 0) is 99.2 Å². The van der Waals surface area contributed by atoms with E-state index in [0.29, 0.717) is 59.2 Å². The molecule has 1 aliphatic rings. The van der Waals surface area contributed by atoms with Crippen LogP contribution in [-0.2, 0) is 9.59 Å². The van der Waals surface area contributed by atoms with E-state index < -0.39 is 17.7 Å². The van der Waals surface area contributed by atoms with Crippen LogP contribution in [0.15, 0.2) is 60.2 Å². The van der Waals surface area contributed by atoms with Crippen molar-refractivity contribution in [2.24, 2.45) is 5.92 Å². The first kappa shape index (κ1) is 31.1. The molecule has 3 aromatic carbocycles. The van der Waals surface area contributed by atoms with Crippen LogP contribution in [0.5, 0.6) is 17.2 Å². The standard InChI is InChI=1S/C35H38N2O6S/c1-7-41-25-12-9-23(10-13-25)32(38)29-31(24-11-14-26(27(19-24)42-8-2)43-16-15-20(3)4)37(34(40)33(29)39)35-36-30-22(6)17-21(5)18-28(30)44-35/h9-14,17-20,31,38H,7-8,15-16H2,1-6H3/b32-29+. The highest BCUT2D eigenvalue weighted by Crippen LogP contribution is 2.46. The van der Waals surface area contributed by atoms with E-state index in [1.165, 1.54) is 16.2 Å². The molecule has 5 rings (SSSR count). The molecule has 0 spiro atoms. The van der Waals surface area contributed by atoms with Crippen LogP contribution >= 0.6 is 11.3 Å². The SMILES string of the molecule is CCOc1ccc(/C(O)=C2\C(=O)C(=O)N(c3nc4c(C)cc(C)cc4s3)C2c2ccc(OCCC(C)C)c(OCC)c2)cc1. The summed E-state index contributed by atoms with van der Waals surface area (Å²) >= 11 is 1.34. The lowest BCUT2D eigenvalue weighted by atomic mass is 9.95. The molecular formula is C35H38N2O6S. The third-order valence-electron chi connectivity index (χ3n) is 7.44. The van der Waals surface area contributed by atoms with Crippen molar-refractivity contribution in [1.82, 2.24) is 4.98 Å². The van der Waals surface area contributed by atoms with E-state index in [1.54, 1.807) is 36.4 Å². The van der Waals surface area contributed by atoms with Gasteiger partial charge < -0.3 is 19.3 Å². The summed E-state index contributed by atoms with van der Waals surface area (Å²) in [6.45, 7) is 13.4. The van der Waals surface area contributed by atoms with Gasteiger partial charge in [0.25, 0.3) is 5.78 Å². The van der Waals surface area contributed by atoms with Gasteiger partial charge in [-0.2, -0.15) is 0 Å².